The van der Waals surface area contributed by atoms with E-state index in [1.807, 2.05) is 13.0 Å². The molecule has 2 fully saturated rings. The van der Waals surface area contributed by atoms with Gasteiger partial charge in [0.05, 0.1) is 13.7 Å². The van der Waals surface area contributed by atoms with Crippen LogP contribution in [-0.2, 0) is 14.8 Å². The van der Waals surface area contributed by atoms with Crippen molar-refractivity contribution in [3.63, 3.8) is 0 Å². The maximum atomic E-state index is 13.1. The standard InChI is InChI=1S/C17H25NO4S/c1-13-6-7-16(15(9-13)22-3)23(19,20)18-10-14-5-4-8-17(14,11-18)12-21-2/h6-7,9,14H,4-5,8,10-12H2,1-3H3/t14-,17-/m1/s1. The van der Waals surface area contributed by atoms with Crippen LogP contribution in [0, 0.1) is 18.3 Å². The molecule has 6 heteroatoms. The molecule has 1 aliphatic carbocycles. The summed E-state index contributed by atoms with van der Waals surface area (Å²) in [5, 5.41) is 0. The van der Waals surface area contributed by atoms with Gasteiger partial charge in [0.2, 0.25) is 10.0 Å². The first kappa shape index (κ1) is 16.7. The predicted molar refractivity (Wildman–Crippen MR) is 88.1 cm³/mol. The molecule has 0 aromatic heterocycles. The molecule has 0 spiro atoms. The SMILES string of the molecule is COC[C@]12CCC[C@@H]1CN(S(=O)(=O)c1ccc(C)cc1OC)C2. The fourth-order valence-corrected chi connectivity index (χ4v) is 5.92. The summed E-state index contributed by atoms with van der Waals surface area (Å²) >= 11 is 0. The Morgan fingerprint density at radius 3 is 2.83 bits per heavy atom. The lowest BCUT2D eigenvalue weighted by atomic mass is 9.82. The van der Waals surface area contributed by atoms with Crippen molar-refractivity contribution in [2.24, 2.45) is 11.3 Å². The maximum Gasteiger partial charge on any atom is 0.246 e. The van der Waals surface area contributed by atoms with Crippen molar-refractivity contribution < 1.29 is 17.9 Å². The summed E-state index contributed by atoms with van der Waals surface area (Å²) in [6.45, 7) is 3.69. The van der Waals surface area contributed by atoms with Crippen LogP contribution in [0.2, 0.25) is 0 Å². The van der Waals surface area contributed by atoms with Gasteiger partial charge in [0.25, 0.3) is 0 Å². The highest BCUT2D eigenvalue weighted by Gasteiger charge is 2.52. The Morgan fingerprint density at radius 1 is 1.35 bits per heavy atom. The molecule has 0 bridgehead atoms. The molecule has 0 N–H and O–H groups in total. The molecule has 128 valence electrons. The van der Waals surface area contributed by atoms with Crippen LogP contribution in [-0.4, -0.2) is 46.6 Å². The molecule has 0 amide bonds. The van der Waals surface area contributed by atoms with Gasteiger partial charge in [-0.25, -0.2) is 8.42 Å². The summed E-state index contributed by atoms with van der Waals surface area (Å²) in [5.74, 6) is 0.816. The lowest BCUT2D eigenvalue weighted by Crippen LogP contribution is -2.34. The molecule has 2 atom stereocenters. The zero-order valence-corrected chi connectivity index (χ0v) is 14.9. The summed E-state index contributed by atoms with van der Waals surface area (Å²) in [4.78, 5) is 0.262. The monoisotopic (exact) mass is 339 g/mol. The van der Waals surface area contributed by atoms with Gasteiger partial charge in [-0.15, -0.1) is 0 Å². The van der Waals surface area contributed by atoms with Gasteiger partial charge in [-0.05, 0) is 43.4 Å². The molecule has 2 aliphatic rings. The van der Waals surface area contributed by atoms with E-state index in [2.05, 4.69) is 0 Å². The molecule has 1 saturated heterocycles. The maximum absolute atomic E-state index is 13.1. The zero-order chi connectivity index (χ0) is 16.7. The third-order valence-corrected chi connectivity index (χ3v) is 7.23. The first-order chi connectivity index (χ1) is 10.9. The molecule has 1 aromatic carbocycles. The van der Waals surface area contributed by atoms with Crippen LogP contribution >= 0.6 is 0 Å². The summed E-state index contributed by atoms with van der Waals surface area (Å²) in [6.07, 6.45) is 3.29. The van der Waals surface area contributed by atoms with E-state index in [0.29, 0.717) is 31.4 Å². The predicted octanol–water partition coefficient (Wildman–Crippen LogP) is 2.44. The molecule has 0 radical (unpaired) electrons. The minimum Gasteiger partial charge on any atom is -0.495 e. The smallest absolute Gasteiger partial charge is 0.246 e. The van der Waals surface area contributed by atoms with Gasteiger partial charge in [-0.3, -0.25) is 0 Å². The summed E-state index contributed by atoms with van der Waals surface area (Å²) < 4.78 is 38.6. The molecule has 1 heterocycles. The summed E-state index contributed by atoms with van der Waals surface area (Å²) in [7, 11) is -0.332. The first-order valence-corrected chi connectivity index (χ1v) is 9.51. The van der Waals surface area contributed by atoms with E-state index >= 15 is 0 Å². The molecule has 1 aromatic rings. The number of methoxy groups -OCH3 is 2. The van der Waals surface area contributed by atoms with Crippen LogP contribution < -0.4 is 4.74 Å². The Morgan fingerprint density at radius 2 is 2.13 bits per heavy atom. The van der Waals surface area contributed by atoms with Crippen LogP contribution in [0.1, 0.15) is 24.8 Å². The van der Waals surface area contributed by atoms with Crippen LogP contribution in [0.5, 0.6) is 5.75 Å². The molecule has 1 saturated carbocycles. The zero-order valence-electron chi connectivity index (χ0n) is 14.0. The fraction of sp³-hybridized carbons (Fsp3) is 0.647. The van der Waals surface area contributed by atoms with Gasteiger partial charge in [-0.2, -0.15) is 4.31 Å². The van der Waals surface area contributed by atoms with E-state index in [0.717, 1.165) is 24.8 Å². The topological polar surface area (TPSA) is 55.8 Å². The fourth-order valence-electron chi connectivity index (χ4n) is 4.20. The summed E-state index contributed by atoms with van der Waals surface area (Å²) in [5.41, 5.74) is 0.967. The number of nitrogens with zero attached hydrogens (tertiary/aromatic N) is 1. The number of sulfonamides is 1. The van der Waals surface area contributed by atoms with E-state index in [1.54, 1.807) is 23.5 Å². The number of ether oxygens (including phenoxy) is 2. The average Bonchev–Trinajstić information content (AvgIpc) is 3.04. The largest absolute Gasteiger partial charge is 0.495 e. The molecular weight excluding hydrogens is 314 g/mol. The highest BCUT2D eigenvalue weighted by atomic mass is 32.2. The highest BCUT2D eigenvalue weighted by molar-refractivity contribution is 7.89. The van der Waals surface area contributed by atoms with Crippen LogP contribution in [0.25, 0.3) is 0 Å². The second-order valence-corrected chi connectivity index (χ2v) is 8.74. The average molecular weight is 339 g/mol. The Bertz CT molecular complexity index is 688. The Hall–Kier alpha value is -1.11. The number of fused-ring (bicyclic) bond motifs is 1. The number of hydrogen-bond donors (Lipinski definition) is 0. The Kier molecular flexibility index (Phi) is 4.42. The lowest BCUT2D eigenvalue weighted by Gasteiger charge is -2.27. The van der Waals surface area contributed by atoms with Crippen molar-refractivity contribution in [3.8, 4) is 5.75 Å². The molecule has 0 unspecified atom stereocenters. The number of rotatable bonds is 5. The van der Waals surface area contributed by atoms with Crippen molar-refractivity contribution in [2.75, 3.05) is 33.9 Å². The minimum atomic E-state index is -3.54. The van der Waals surface area contributed by atoms with Gasteiger partial charge < -0.3 is 9.47 Å². The molecule has 3 rings (SSSR count). The van der Waals surface area contributed by atoms with Gasteiger partial charge >= 0.3 is 0 Å². The number of hydrogen-bond acceptors (Lipinski definition) is 4. The molecular formula is C17H25NO4S. The third kappa shape index (κ3) is 2.77. The number of aryl methyl sites for hydroxylation is 1. The summed E-state index contributed by atoms with van der Waals surface area (Å²) in [6, 6.07) is 5.24. The van der Waals surface area contributed by atoms with E-state index in [9.17, 15) is 8.42 Å². The van der Waals surface area contributed by atoms with Crippen molar-refractivity contribution in [3.05, 3.63) is 23.8 Å². The Labute approximate surface area is 138 Å². The Balaban J connectivity index is 1.93. The van der Waals surface area contributed by atoms with Crippen molar-refractivity contribution >= 4 is 10.0 Å². The van der Waals surface area contributed by atoms with E-state index in [1.165, 1.54) is 7.11 Å². The van der Waals surface area contributed by atoms with Gasteiger partial charge in [0, 0.05) is 25.6 Å². The second kappa shape index (κ2) is 6.07. The number of benzene rings is 1. The lowest BCUT2D eigenvalue weighted by molar-refractivity contribution is 0.0738. The second-order valence-electron chi connectivity index (χ2n) is 6.84. The van der Waals surface area contributed by atoms with Crippen LogP contribution in [0.15, 0.2) is 23.1 Å². The first-order valence-electron chi connectivity index (χ1n) is 8.07. The quantitative estimate of drug-likeness (QED) is 0.827. The molecule has 1 aliphatic heterocycles. The van der Waals surface area contributed by atoms with Crippen molar-refractivity contribution in [2.45, 2.75) is 31.1 Å². The van der Waals surface area contributed by atoms with Crippen LogP contribution in [0.4, 0.5) is 0 Å². The van der Waals surface area contributed by atoms with E-state index in [4.69, 9.17) is 9.47 Å². The highest BCUT2D eigenvalue weighted by Crippen LogP contribution is 2.50. The van der Waals surface area contributed by atoms with E-state index in [-0.39, 0.29) is 10.3 Å². The van der Waals surface area contributed by atoms with Gasteiger partial charge in [0.1, 0.15) is 10.6 Å². The van der Waals surface area contributed by atoms with Gasteiger partial charge in [-0.1, -0.05) is 12.5 Å². The van der Waals surface area contributed by atoms with Crippen molar-refractivity contribution in [1.82, 2.24) is 4.31 Å². The van der Waals surface area contributed by atoms with E-state index < -0.39 is 10.0 Å². The third-order valence-electron chi connectivity index (χ3n) is 5.38. The van der Waals surface area contributed by atoms with Gasteiger partial charge in [0.15, 0.2) is 0 Å². The van der Waals surface area contributed by atoms with Crippen molar-refractivity contribution in [1.29, 1.82) is 0 Å². The molecule has 5 nitrogen and oxygen atoms in total. The minimum absolute atomic E-state index is 0.0141. The normalized spacial score (nSPS) is 28.0. The molecule has 23 heavy (non-hydrogen) atoms. The van der Waals surface area contributed by atoms with Crippen LogP contribution in [0.3, 0.4) is 0 Å².